The first-order valence-electron chi connectivity index (χ1n) is 6.04. The van der Waals surface area contributed by atoms with Crippen molar-refractivity contribution in [2.24, 2.45) is 0 Å². The molecule has 0 spiro atoms. The second kappa shape index (κ2) is 3.70. The van der Waals surface area contributed by atoms with Gasteiger partial charge in [0.1, 0.15) is 0 Å². The quantitative estimate of drug-likeness (QED) is 0.870. The molecule has 0 aliphatic heterocycles. The predicted octanol–water partition coefficient (Wildman–Crippen LogP) is 3.45. The van der Waals surface area contributed by atoms with Crippen LogP contribution in [0.1, 0.15) is 24.5 Å². The summed E-state index contributed by atoms with van der Waals surface area (Å²) in [6.07, 6.45) is 0.126. The van der Waals surface area contributed by atoms with Crippen LogP contribution in [0.15, 0.2) is 48.5 Å². The van der Waals surface area contributed by atoms with Crippen LogP contribution in [-0.2, 0) is 10.2 Å². The van der Waals surface area contributed by atoms with E-state index >= 15 is 0 Å². The van der Waals surface area contributed by atoms with Crippen LogP contribution in [0.3, 0.4) is 0 Å². The molecule has 1 aliphatic carbocycles. The smallest absolute Gasteiger partial charge is 0.304 e. The number of hydrogen-bond acceptors (Lipinski definition) is 1. The fraction of sp³-hybridized carbons (Fsp3) is 0.188. The second-order valence-electron chi connectivity index (χ2n) is 4.99. The van der Waals surface area contributed by atoms with Gasteiger partial charge in [-0.25, -0.2) is 0 Å². The van der Waals surface area contributed by atoms with Crippen LogP contribution in [0.2, 0.25) is 0 Å². The Morgan fingerprint density at radius 1 is 1.00 bits per heavy atom. The molecule has 2 aromatic carbocycles. The van der Waals surface area contributed by atoms with Crippen LogP contribution in [0, 0.1) is 0 Å². The molecule has 0 bridgehead atoms. The number of fused-ring (bicyclic) bond motifs is 3. The van der Waals surface area contributed by atoms with Crippen molar-refractivity contribution in [3.63, 3.8) is 0 Å². The van der Waals surface area contributed by atoms with Gasteiger partial charge in [-0.3, -0.25) is 4.79 Å². The molecule has 0 amide bonds. The van der Waals surface area contributed by atoms with Gasteiger partial charge in [0.25, 0.3) is 0 Å². The highest BCUT2D eigenvalue weighted by molar-refractivity contribution is 5.83. The van der Waals surface area contributed by atoms with Crippen molar-refractivity contribution >= 4 is 5.97 Å². The summed E-state index contributed by atoms with van der Waals surface area (Å²) in [7, 11) is 0. The van der Waals surface area contributed by atoms with Crippen LogP contribution >= 0.6 is 0 Å². The summed E-state index contributed by atoms with van der Waals surface area (Å²) in [5.41, 5.74) is 4.15. The molecule has 90 valence electrons. The summed E-state index contributed by atoms with van der Waals surface area (Å²) in [5.74, 6) is -0.760. The predicted molar refractivity (Wildman–Crippen MR) is 70.6 cm³/mol. The molecule has 1 aliphatic rings. The first-order chi connectivity index (χ1) is 8.63. The van der Waals surface area contributed by atoms with Crippen molar-refractivity contribution in [2.75, 3.05) is 0 Å². The third-order valence-corrected chi connectivity index (χ3v) is 3.84. The van der Waals surface area contributed by atoms with Gasteiger partial charge in [0.15, 0.2) is 0 Å². The van der Waals surface area contributed by atoms with Crippen LogP contribution in [0.25, 0.3) is 11.1 Å². The van der Waals surface area contributed by atoms with E-state index < -0.39 is 11.4 Å². The number of benzene rings is 2. The molecule has 0 atom stereocenters. The van der Waals surface area contributed by atoms with Gasteiger partial charge in [-0.15, -0.1) is 0 Å². The Kier molecular flexibility index (Phi) is 2.27. The van der Waals surface area contributed by atoms with Crippen molar-refractivity contribution in [3.05, 3.63) is 59.7 Å². The normalized spacial score (nSPS) is 14.9. The van der Waals surface area contributed by atoms with Gasteiger partial charge in [-0.05, 0) is 22.3 Å². The molecule has 2 aromatic rings. The van der Waals surface area contributed by atoms with Gasteiger partial charge in [-0.1, -0.05) is 55.5 Å². The van der Waals surface area contributed by atoms with Crippen LogP contribution in [0.4, 0.5) is 0 Å². The number of rotatable bonds is 2. The molecule has 0 unspecified atom stereocenters. The minimum atomic E-state index is -0.760. The van der Waals surface area contributed by atoms with E-state index in [9.17, 15) is 9.90 Å². The average molecular weight is 238 g/mol. The fourth-order valence-corrected chi connectivity index (χ4v) is 3.04. The summed E-state index contributed by atoms with van der Waals surface area (Å²) in [4.78, 5) is 11.2. The minimum absolute atomic E-state index is 0.126. The highest BCUT2D eigenvalue weighted by Gasteiger charge is 2.40. The van der Waals surface area contributed by atoms with E-state index in [1.807, 2.05) is 43.3 Å². The molecule has 2 nitrogen and oxygen atoms in total. The molecule has 1 N–H and O–H groups in total. The zero-order valence-corrected chi connectivity index (χ0v) is 10.2. The zero-order chi connectivity index (χ0) is 12.8. The molecule has 0 saturated heterocycles. The van der Waals surface area contributed by atoms with Crippen LogP contribution in [-0.4, -0.2) is 11.1 Å². The maximum atomic E-state index is 11.2. The Bertz CT molecular complexity index is 583. The second-order valence-corrected chi connectivity index (χ2v) is 4.99. The monoisotopic (exact) mass is 238 g/mol. The lowest BCUT2D eigenvalue weighted by Gasteiger charge is -2.25. The highest BCUT2D eigenvalue weighted by Crippen LogP contribution is 2.50. The Balaban J connectivity index is 2.30. The van der Waals surface area contributed by atoms with Crippen molar-refractivity contribution in [2.45, 2.75) is 18.8 Å². The Hall–Kier alpha value is -2.09. The lowest BCUT2D eigenvalue weighted by atomic mass is 9.77. The van der Waals surface area contributed by atoms with Gasteiger partial charge < -0.3 is 5.11 Å². The molecule has 2 heteroatoms. The summed E-state index contributed by atoms with van der Waals surface area (Å²) in [6.45, 7) is 2.02. The maximum absolute atomic E-state index is 11.2. The number of aliphatic carboxylic acids is 1. The minimum Gasteiger partial charge on any atom is -0.481 e. The van der Waals surface area contributed by atoms with Gasteiger partial charge in [0, 0.05) is 5.41 Å². The van der Waals surface area contributed by atoms with Crippen molar-refractivity contribution in [1.82, 2.24) is 0 Å². The SMILES string of the molecule is CC1(CC(=O)O)c2ccccc2-c2ccccc21. The van der Waals surface area contributed by atoms with E-state index in [4.69, 9.17) is 0 Å². The molecule has 18 heavy (non-hydrogen) atoms. The van der Waals surface area contributed by atoms with E-state index in [0.29, 0.717) is 0 Å². The maximum Gasteiger partial charge on any atom is 0.304 e. The molecule has 0 radical (unpaired) electrons. The van der Waals surface area contributed by atoms with Crippen LogP contribution < -0.4 is 0 Å². The lowest BCUT2D eigenvalue weighted by Crippen LogP contribution is -2.24. The van der Waals surface area contributed by atoms with Gasteiger partial charge >= 0.3 is 5.97 Å². The highest BCUT2D eigenvalue weighted by atomic mass is 16.4. The summed E-state index contributed by atoms with van der Waals surface area (Å²) < 4.78 is 0. The first-order valence-corrected chi connectivity index (χ1v) is 6.04. The zero-order valence-electron chi connectivity index (χ0n) is 10.2. The third kappa shape index (κ3) is 1.39. The molecular weight excluding hydrogens is 224 g/mol. The molecule has 0 fully saturated rings. The summed E-state index contributed by atoms with van der Waals surface area (Å²) >= 11 is 0. The first kappa shape index (κ1) is 11.0. The standard InChI is InChI=1S/C16H14O2/c1-16(10-15(17)18)13-8-4-2-6-11(13)12-7-3-5-9-14(12)16/h2-9H,10H2,1H3,(H,17,18). The van der Waals surface area contributed by atoms with Crippen molar-refractivity contribution in [3.8, 4) is 11.1 Å². The Morgan fingerprint density at radius 3 is 1.89 bits per heavy atom. The molecule has 0 heterocycles. The molecule has 0 aromatic heterocycles. The van der Waals surface area contributed by atoms with E-state index in [0.717, 1.165) is 22.3 Å². The topological polar surface area (TPSA) is 37.3 Å². The average Bonchev–Trinajstić information content (AvgIpc) is 2.61. The van der Waals surface area contributed by atoms with Gasteiger partial charge in [0.2, 0.25) is 0 Å². The van der Waals surface area contributed by atoms with E-state index in [1.54, 1.807) is 0 Å². The number of carbonyl (C=O) groups is 1. The largest absolute Gasteiger partial charge is 0.481 e. The number of carboxylic acids is 1. The van der Waals surface area contributed by atoms with Gasteiger partial charge in [0.05, 0.1) is 6.42 Å². The number of hydrogen-bond donors (Lipinski definition) is 1. The summed E-state index contributed by atoms with van der Waals surface area (Å²) in [6, 6.07) is 16.2. The lowest BCUT2D eigenvalue weighted by molar-refractivity contribution is -0.138. The van der Waals surface area contributed by atoms with Crippen LogP contribution in [0.5, 0.6) is 0 Å². The Labute approximate surface area is 106 Å². The van der Waals surface area contributed by atoms with Gasteiger partial charge in [-0.2, -0.15) is 0 Å². The third-order valence-electron chi connectivity index (χ3n) is 3.84. The molecule has 3 rings (SSSR count). The Morgan fingerprint density at radius 2 is 1.44 bits per heavy atom. The van der Waals surface area contributed by atoms with Crippen molar-refractivity contribution < 1.29 is 9.90 Å². The van der Waals surface area contributed by atoms with E-state index in [1.165, 1.54) is 0 Å². The van der Waals surface area contributed by atoms with E-state index in [2.05, 4.69) is 12.1 Å². The van der Waals surface area contributed by atoms with Crippen molar-refractivity contribution in [1.29, 1.82) is 0 Å². The summed E-state index contributed by atoms with van der Waals surface area (Å²) in [5, 5.41) is 9.19. The fourth-order valence-electron chi connectivity index (χ4n) is 3.04. The number of carboxylic acid groups (broad SMARTS) is 1. The molecular formula is C16H14O2. The molecule has 0 saturated carbocycles. The van der Waals surface area contributed by atoms with E-state index in [-0.39, 0.29) is 6.42 Å².